The topological polar surface area (TPSA) is 74.5 Å². The minimum Gasteiger partial charge on any atom is -0.425 e. The third-order valence-electron chi connectivity index (χ3n) is 6.09. The van der Waals surface area contributed by atoms with Crippen LogP contribution in [-0.4, -0.2) is 59.3 Å². The minimum atomic E-state index is -0.0179. The van der Waals surface area contributed by atoms with Crippen molar-refractivity contribution in [3.63, 3.8) is 0 Å². The summed E-state index contributed by atoms with van der Waals surface area (Å²) in [5.74, 6) is 1.60. The lowest BCUT2D eigenvalue weighted by molar-refractivity contribution is 0.110. The summed E-state index contributed by atoms with van der Waals surface area (Å²) in [4.78, 5) is 17.0. The number of para-hydroxylation sites is 1. The Kier molecular flexibility index (Phi) is 4.63. The van der Waals surface area contributed by atoms with Gasteiger partial charge in [-0.3, -0.25) is 0 Å². The average Bonchev–Trinajstić information content (AvgIpc) is 3.20. The number of aryl methyl sites for hydroxylation is 2. The Morgan fingerprint density at radius 1 is 1.22 bits per heavy atom. The van der Waals surface area contributed by atoms with E-state index in [0.717, 1.165) is 56.2 Å². The normalized spacial score (nSPS) is 22.3. The van der Waals surface area contributed by atoms with Gasteiger partial charge < -0.3 is 19.5 Å². The number of likely N-dealkylation sites (tertiary alicyclic amines) is 2. The van der Waals surface area contributed by atoms with E-state index in [1.807, 2.05) is 43.0 Å². The molecule has 0 saturated carbocycles. The number of hydrogen-bond donors (Lipinski definition) is 1. The van der Waals surface area contributed by atoms with Crippen LogP contribution in [0, 0.1) is 19.3 Å². The molecule has 0 radical (unpaired) electrons. The molecule has 1 N–H and O–H groups in total. The summed E-state index contributed by atoms with van der Waals surface area (Å²) in [5, 5.41) is 11.4. The molecule has 1 aromatic heterocycles. The van der Waals surface area contributed by atoms with Crippen molar-refractivity contribution in [1.29, 1.82) is 0 Å². The van der Waals surface area contributed by atoms with Crippen LogP contribution in [0.5, 0.6) is 0 Å². The second kappa shape index (κ2) is 6.96. The summed E-state index contributed by atoms with van der Waals surface area (Å²) in [7, 11) is 2.14. The van der Waals surface area contributed by atoms with Crippen molar-refractivity contribution < 1.29 is 9.21 Å². The minimum absolute atomic E-state index is 0.0179. The highest BCUT2D eigenvalue weighted by molar-refractivity contribution is 5.90. The Morgan fingerprint density at radius 3 is 2.63 bits per heavy atom. The number of rotatable bonds is 2. The van der Waals surface area contributed by atoms with Crippen LogP contribution in [0.3, 0.4) is 0 Å². The summed E-state index contributed by atoms with van der Waals surface area (Å²) in [6.45, 7) is 7.26. The van der Waals surface area contributed by atoms with Gasteiger partial charge in [-0.2, -0.15) is 0 Å². The lowest BCUT2D eigenvalue weighted by Gasteiger charge is -2.41. The van der Waals surface area contributed by atoms with Gasteiger partial charge in [0.1, 0.15) is 0 Å². The Morgan fingerprint density at radius 2 is 1.96 bits per heavy atom. The van der Waals surface area contributed by atoms with Gasteiger partial charge in [0, 0.05) is 38.8 Å². The second-order valence-electron chi connectivity index (χ2n) is 8.00. The lowest BCUT2D eigenvalue weighted by Crippen LogP contribution is -2.47. The summed E-state index contributed by atoms with van der Waals surface area (Å²) >= 11 is 0. The number of likely N-dealkylation sites (N-methyl/N-ethyl adjacent to an activating group) is 1. The highest BCUT2D eigenvalue weighted by atomic mass is 16.4. The summed E-state index contributed by atoms with van der Waals surface area (Å²) in [6.07, 6.45) is 1.90. The van der Waals surface area contributed by atoms with Crippen LogP contribution in [0.4, 0.5) is 10.5 Å². The van der Waals surface area contributed by atoms with E-state index in [2.05, 4.69) is 27.5 Å². The molecule has 1 spiro atoms. The number of hydrogen-bond acceptors (Lipinski definition) is 5. The van der Waals surface area contributed by atoms with E-state index in [0.29, 0.717) is 5.89 Å². The monoisotopic (exact) mass is 369 g/mol. The summed E-state index contributed by atoms with van der Waals surface area (Å²) in [5.41, 5.74) is 2.05. The quantitative estimate of drug-likeness (QED) is 0.881. The average molecular weight is 369 g/mol. The molecular formula is C20H27N5O2. The predicted molar refractivity (Wildman–Crippen MR) is 103 cm³/mol. The first-order valence-corrected chi connectivity index (χ1v) is 9.57. The smallest absolute Gasteiger partial charge is 0.321 e. The van der Waals surface area contributed by atoms with Crippen LogP contribution in [0.15, 0.2) is 28.7 Å². The maximum atomic E-state index is 12.7. The molecule has 1 unspecified atom stereocenters. The Hall–Kier alpha value is -2.41. The van der Waals surface area contributed by atoms with E-state index in [-0.39, 0.29) is 17.4 Å². The highest BCUT2D eigenvalue weighted by Gasteiger charge is 2.50. The number of benzene rings is 1. The molecule has 27 heavy (non-hydrogen) atoms. The number of anilines is 1. The number of urea groups is 1. The fraction of sp³-hybridized carbons (Fsp3) is 0.550. The van der Waals surface area contributed by atoms with E-state index >= 15 is 0 Å². The zero-order chi connectivity index (χ0) is 19.0. The van der Waals surface area contributed by atoms with Crippen molar-refractivity contribution in [3.8, 4) is 0 Å². The first-order valence-electron chi connectivity index (χ1n) is 9.57. The Bertz CT molecular complexity index is 825. The fourth-order valence-electron chi connectivity index (χ4n) is 4.58. The van der Waals surface area contributed by atoms with E-state index in [4.69, 9.17) is 4.42 Å². The highest BCUT2D eigenvalue weighted by Crippen LogP contribution is 2.49. The van der Waals surface area contributed by atoms with Gasteiger partial charge >= 0.3 is 6.03 Å². The first kappa shape index (κ1) is 18.0. The SMILES string of the molecule is Cc1nnc(C2CN(C)CC23CCN(C(=O)Nc2ccccc2C)CC3)o1. The molecule has 2 aliphatic rings. The molecule has 144 valence electrons. The number of aromatic nitrogens is 2. The number of carbonyl (C=O) groups is 1. The number of amides is 2. The lowest BCUT2D eigenvalue weighted by atomic mass is 9.71. The zero-order valence-corrected chi connectivity index (χ0v) is 16.2. The van der Waals surface area contributed by atoms with Gasteiger partial charge in [0.05, 0.1) is 5.92 Å². The van der Waals surface area contributed by atoms with E-state index in [9.17, 15) is 4.79 Å². The van der Waals surface area contributed by atoms with Crippen LogP contribution in [0.25, 0.3) is 0 Å². The van der Waals surface area contributed by atoms with Crippen molar-refractivity contribution >= 4 is 11.7 Å². The number of nitrogens with one attached hydrogen (secondary N) is 1. The molecule has 4 rings (SSSR count). The van der Waals surface area contributed by atoms with Crippen LogP contribution in [-0.2, 0) is 0 Å². The second-order valence-corrected chi connectivity index (χ2v) is 8.00. The van der Waals surface area contributed by atoms with Crippen molar-refractivity contribution in [3.05, 3.63) is 41.6 Å². The molecule has 7 heteroatoms. The van der Waals surface area contributed by atoms with Gasteiger partial charge in [0.25, 0.3) is 0 Å². The standard InChI is InChI=1S/C20H27N5O2/c1-14-6-4-5-7-17(14)21-19(26)25-10-8-20(9-11-25)13-24(3)12-16(20)18-23-22-15(2)27-18/h4-7,16H,8-13H2,1-3H3,(H,21,26). The van der Waals surface area contributed by atoms with Gasteiger partial charge in [-0.1, -0.05) is 18.2 Å². The summed E-state index contributed by atoms with van der Waals surface area (Å²) < 4.78 is 5.77. The van der Waals surface area contributed by atoms with Crippen LogP contribution < -0.4 is 5.32 Å². The van der Waals surface area contributed by atoms with Gasteiger partial charge in [-0.25, -0.2) is 4.79 Å². The van der Waals surface area contributed by atoms with Gasteiger partial charge in [0.2, 0.25) is 11.8 Å². The molecule has 2 saturated heterocycles. The first-order chi connectivity index (χ1) is 13.0. The molecule has 2 aliphatic heterocycles. The molecule has 2 fully saturated rings. The van der Waals surface area contributed by atoms with E-state index < -0.39 is 0 Å². The maximum Gasteiger partial charge on any atom is 0.321 e. The van der Waals surface area contributed by atoms with Crippen molar-refractivity contribution in [2.75, 3.05) is 38.5 Å². The van der Waals surface area contributed by atoms with Crippen LogP contribution in [0.2, 0.25) is 0 Å². The molecule has 3 heterocycles. The molecule has 1 atom stereocenters. The van der Waals surface area contributed by atoms with Crippen LogP contribution >= 0.6 is 0 Å². The molecular weight excluding hydrogens is 342 g/mol. The maximum absolute atomic E-state index is 12.7. The number of carbonyl (C=O) groups excluding carboxylic acids is 1. The Labute approximate surface area is 159 Å². The van der Waals surface area contributed by atoms with E-state index in [1.54, 1.807) is 0 Å². The molecule has 7 nitrogen and oxygen atoms in total. The molecule has 0 aliphatic carbocycles. The third kappa shape index (κ3) is 3.43. The number of piperidine rings is 1. The van der Waals surface area contributed by atoms with Gasteiger partial charge in [-0.15, -0.1) is 10.2 Å². The van der Waals surface area contributed by atoms with Gasteiger partial charge in [-0.05, 0) is 43.9 Å². The zero-order valence-electron chi connectivity index (χ0n) is 16.2. The van der Waals surface area contributed by atoms with Crippen LogP contribution in [0.1, 0.15) is 36.1 Å². The predicted octanol–water partition coefficient (Wildman–Crippen LogP) is 3.03. The largest absolute Gasteiger partial charge is 0.425 e. The van der Waals surface area contributed by atoms with Crippen molar-refractivity contribution in [1.82, 2.24) is 20.0 Å². The summed E-state index contributed by atoms with van der Waals surface area (Å²) in [6, 6.07) is 7.85. The van der Waals surface area contributed by atoms with Crippen molar-refractivity contribution in [2.45, 2.75) is 32.6 Å². The molecule has 0 bridgehead atoms. The van der Waals surface area contributed by atoms with Crippen molar-refractivity contribution in [2.24, 2.45) is 5.41 Å². The van der Waals surface area contributed by atoms with E-state index in [1.165, 1.54) is 0 Å². The third-order valence-corrected chi connectivity index (χ3v) is 6.09. The molecule has 1 aromatic carbocycles. The Balaban J connectivity index is 1.44. The fourth-order valence-corrected chi connectivity index (χ4v) is 4.58. The molecule has 2 amide bonds. The number of nitrogens with zero attached hydrogens (tertiary/aromatic N) is 4. The van der Waals surface area contributed by atoms with Gasteiger partial charge in [0.15, 0.2) is 0 Å². The molecule has 2 aromatic rings.